The Hall–Kier alpha value is -2.39. The molecule has 0 aromatic heterocycles. The molecule has 1 N–H and O–H groups in total. The van der Waals surface area contributed by atoms with Crippen LogP contribution in [0.2, 0.25) is 0 Å². The highest BCUT2D eigenvalue weighted by molar-refractivity contribution is 7.89. The summed E-state index contributed by atoms with van der Waals surface area (Å²) in [7, 11) is -0.801. The highest BCUT2D eigenvalue weighted by Gasteiger charge is 2.32. The van der Waals surface area contributed by atoms with E-state index in [9.17, 15) is 26.4 Å². The average molecular weight is 400 g/mol. The molecule has 0 spiro atoms. The van der Waals surface area contributed by atoms with Gasteiger partial charge in [-0.05, 0) is 42.3 Å². The first kappa shape index (κ1) is 20.9. The van der Waals surface area contributed by atoms with Gasteiger partial charge in [0.2, 0.25) is 10.0 Å². The third-order valence-electron chi connectivity index (χ3n) is 3.90. The van der Waals surface area contributed by atoms with E-state index in [1.165, 1.54) is 56.6 Å². The third-order valence-corrected chi connectivity index (χ3v) is 5.73. The highest BCUT2D eigenvalue weighted by Crippen LogP contribution is 2.31. The Labute approximate surface area is 155 Å². The van der Waals surface area contributed by atoms with Gasteiger partial charge < -0.3 is 5.32 Å². The lowest BCUT2D eigenvalue weighted by Gasteiger charge is -2.13. The summed E-state index contributed by atoms with van der Waals surface area (Å²) in [4.78, 5) is 12.2. The molecular formula is C18H19F3N2O3S. The molecule has 27 heavy (non-hydrogen) atoms. The predicted molar refractivity (Wildman–Crippen MR) is 94.8 cm³/mol. The van der Waals surface area contributed by atoms with Crippen LogP contribution in [0.25, 0.3) is 0 Å². The van der Waals surface area contributed by atoms with Gasteiger partial charge in [-0.25, -0.2) is 12.7 Å². The van der Waals surface area contributed by atoms with Gasteiger partial charge in [-0.15, -0.1) is 0 Å². The van der Waals surface area contributed by atoms with Gasteiger partial charge in [0.25, 0.3) is 5.91 Å². The number of rotatable bonds is 6. The van der Waals surface area contributed by atoms with Crippen molar-refractivity contribution in [1.29, 1.82) is 0 Å². The molecule has 2 aromatic rings. The first-order valence-electron chi connectivity index (χ1n) is 7.99. The van der Waals surface area contributed by atoms with Gasteiger partial charge in [-0.3, -0.25) is 4.79 Å². The van der Waals surface area contributed by atoms with Crippen LogP contribution >= 0.6 is 0 Å². The zero-order valence-electron chi connectivity index (χ0n) is 14.7. The molecule has 0 heterocycles. The molecule has 146 valence electrons. The molecule has 0 atom stereocenters. The Balaban J connectivity index is 2.02. The fourth-order valence-electron chi connectivity index (χ4n) is 2.42. The summed E-state index contributed by atoms with van der Waals surface area (Å²) < 4.78 is 63.9. The maximum atomic E-state index is 13.0. The second-order valence-corrected chi connectivity index (χ2v) is 8.12. The van der Waals surface area contributed by atoms with Crippen molar-refractivity contribution in [3.63, 3.8) is 0 Å². The molecule has 0 radical (unpaired) electrons. The number of carbonyl (C=O) groups is 1. The maximum Gasteiger partial charge on any atom is 0.416 e. The van der Waals surface area contributed by atoms with Crippen molar-refractivity contribution < 1.29 is 26.4 Å². The van der Waals surface area contributed by atoms with Gasteiger partial charge >= 0.3 is 6.18 Å². The van der Waals surface area contributed by atoms with E-state index in [2.05, 4.69) is 5.32 Å². The monoisotopic (exact) mass is 400 g/mol. The van der Waals surface area contributed by atoms with Crippen molar-refractivity contribution in [3.8, 4) is 0 Å². The van der Waals surface area contributed by atoms with Crippen LogP contribution in [0.4, 0.5) is 13.2 Å². The van der Waals surface area contributed by atoms with Crippen LogP contribution < -0.4 is 5.32 Å². The Bertz CT molecular complexity index is 908. The number of nitrogens with zero attached hydrogens (tertiary/aromatic N) is 1. The number of sulfonamides is 1. The second-order valence-electron chi connectivity index (χ2n) is 5.97. The van der Waals surface area contributed by atoms with Crippen molar-refractivity contribution in [2.75, 3.05) is 20.6 Å². The molecule has 0 fully saturated rings. The first-order chi connectivity index (χ1) is 12.5. The lowest BCUT2D eigenvalue weighted by Crippen LogP contribution is -2.26. The largest absolute Gasteiger partial charge is 0.416 e. The molecule has 2 rings (SSSR count). The Kier molecular flexibility index (Phi) is 6.27. The van der Waals surface area contributed by atoms with E-state index in [0.717, 1.165) is 10.4 Å². The van der Waals surface area contributed by atoms with Crippen LogP contribution in [0.1, 0.15) is 21.5 Å². The van der Waals surface area contributed by atoms with Crippen LogP contribution in [0.5, 0.6) is 0 Å². The van der Waals surface area contributed by atoms with E-state index in [1.54, 1.807) is 0 Å². The van der Waals surface area contributed by atoms with E-state index < -0.39 is 27.7 Å². The number of alkyl halides is 3. The number of hydrogen-bond acceptors (Lipinski definition) is 3. The minimum absolute atomic E-state index is 0.0175. The highest BCUT2D eigenvalue weighted by atomic mass is 32.2. The zero-order valence-corrected chi connectivity index (χ0v) is 15.6. The molecule has 2 aromatic carbocycles. The van der Waals surface area contributed by atoms with Crippen LogP contribution in [-0.2, 0) is 22.6 Å². The van der Waals surface area contributed by atoms with E-state index in [1.807, 2.05) is 0 Å². The van der Waals surface area contributed by atoms with E-state index >= 15 is 0 Å². The lowest BCUT2D eigenvalue weighted by molar-refractivity contribution is -0.138. The van der Waals surface area contributed by atoms with Gasteiger partial charge in [0.15, 0.2) is 0 Å². The minimum atomic E-state index is -4.45. The van der Waals surface area contributed by atoms with Crippen LogP contribution in [0.15, 0.2) is 53.4 Å². The summed E-state index contributed by atoms with van der Waals surface area (Å²) in [5.74, 6) is -0.492. The molecule has 5 nitrogen and oxygen atoms in total. The van der Waals surface area contributed by atoms with Gasteiger partial charge in [0.1, 0.15) is 0 Å². The SMILES string of the molecule is CN(C)S(=O)(=O)c1ccc(C(=O)NCCc2ccccc2C(F)(F)F)cc1. The van der Waals surface area contributed by atoms with Crippen LogP contribution in [0.3, 0.4) is 0 Å². The zero-order chi connectivity index (χ0) is 20.2. The quantitative estimate of drug-likeness (QED) is 0.811. The van der Waals surface area contributed by atoms with Crippen molar-refractivity contribution in [3.05, 3.63) is 65.2 Å². The van der Waals surface area contributed by atoms with Crippen LogP contribution in [-0.4, -0.2) is 39.3 Å². The molecular weight excluding hydrogens is 381 g/mol. The average Bonchev–Trinajstić information content (AvgIpc) is 2.61. The maximum absolute atomic E-state index is 13.0. The normalized spacial score (nSPS) is 12.2. The Morgan fingerprint density at radius 2 is 1.63 bits per heavy atom. The number of benzene rings is 2. The van der Waals surface area contributed by atoms with Gasteiger partial charge in [0.05, 0.1) is 10.5 Å². The van der Waals surface area contributed by atoms with Crippen molar-refractivity contribution in [2.45, 2.75) is 17.5 Å². The smallest absolute Gasteiger partial charge is 0.352 e. The predicted octanol–water partition coefficient (Wildman–Crippen LogP) is 2.93. The number of amides is 1. The van der Waals surface area contributed by atoms with Crippen molar-refractivity contribution in [1.82, 2.24) is 9.62 Å². The lowest BCUT2D eigenvalue weighted by atomic mass is 10.0. The summed E-state index contributed by atoms with van der Waals surface area (Å²) >= 11 is 0. The number of nitrogens with one attached hydrogen (secondary N) is 1. The van der Waals surface area contributed by atoms with Gasteiger partial charge in [-0.2, -0.15) is 13.2 Å². The molecule has 1 amide bonds. The molecule has 0 aliphatic carbocycles. The second kappa shape index (κ2) is 8.10. The summed E-state index contributed by atoms with van der Waals surface area (Å²) in [5.41, 5.74) is -0.410. The molecule has 0 unspecified atom stereocenters. The molecule has 0 saturated heterocycles. The Morgan fingerprint density at radius 1 is 1.04 bits per heavy atom. The first-order valence-corrected chi connectivity index (χ1v) is 9.43. The fourth-order valence-corrected chi connectivity index (χ4v) is 3.32. The topological polar surface area (TPSA) is 66.5 Å². The molecule has 0 aliphatic rings. The summed E-state index contributed by atoms with van der Waals surface area (Å²) in [5, 5.41) is 2.54. The summed E-state index contributed by atoms with van der Waals surface area (Å²) in [6.07, 6.45) is -4.43. The van der Waals surface area contributed by atoms with Crippen molar-refractivity contribution in [2.24, 2.45) is 0 Å². The number of carbonyl (C=O) groups excluding carboxylic acids is 1. The van der Waals surface area contributed by atoms with Gasteiger partial charge in [-0.1, -0.05) is 18.2 Å². The van der Waals surface area contributed by atoms with Gasteiger partial charge in [0, 0.05) is 26.2 Å². The Morgan fingerprint density at radius 3 is 2.19 bits per heavy atom. The number of halogens is 3. The van der Waals surface area contributed by atoms with E-state index in [4.69, 9.17) is 0 Å². The van der Waals surface area contributed by atoms with Crippen LogP contribution in [0, 0.1) is 0 Å². The fraction of sp³-hybridized carbons (Fsp3) is 0.278. The van der Waals surface area contributed by atoms with E-state index in [-0.39, 0.29) is 29.0 Å². The molecule has 9 heteroatoms. The standard InChI is InChI=1S/C18H19F3N2O3S/c1-23(2)27(25,26)15-9-7-14(8-10-15)17(24)22-12-11-13-5-3-4-6-16(13)18(19,20)21/h3-10H,11-12H2,1-2H3,(H,22,24). The third kappa shape index (κ3) is 5.08. The summed E-state index contributed by atoms with van der Waals surface area (Å²) in [6.45, 7) is 0.0175. The molecule has 0 bridgehead atoms. The minimum Gasteiger partial charge on any atom is -0.352 e. The number of hydrogen-bond donors (Lipinski definition) is 1. The summed E-state index contributed by atoms with van der Waals surface area (Å²) in [6, 6.07) is 10.5. The van der Waals surface area contributed by atoms with Crippen molar-refractivity contribution >= 4 is 15.9 Å². The molecule has 0 saturated carbocycles. The molecule has 0 aliphatic heterocycles. The van der Waals surface area contributed by atoms with E-state index in [0.29, 0.717) is 0 Å².